The number of aliphatic hydroxyl groups is 4. The predicted molar refractivity (Wildman–Crippen MR) is 214 cm³/mol. The molecule has 0 fully saturated rings. The van der Waals surface area contributed by atoms with E-state index in [9.17, 15) is 25.2 Å². The van der Waals surface area contributed by atoms with E-state index in [0.717, 1.165) is 38.5 Å². The normalized spacial score (nSPS) is 14.4. The maximum atomic E-state index is 12.5. The molecule has 4 unspecified atom stereocenters. The van der Waals surface area contributed by atoms with Crippen LogP contribution in [0.15, 0.2) is 24.3 Å². The third-order valence-electron chi connectivity index (χ3n) is 10.1. The van der Waals surface area contributed by atoms with Crippen LogP contribution in [0.2, 0.25) is 0 Å². The second-order valence-electron chi connectivity index (χ2n) is 15.0. The van der Waals surface area contributed by atoms with Crippen molar-refractivity contribution in [3.63, 3.8) is 0 Å². The van der Waals surface area contributed by atoms with Gasteiger partial charge in [0.1, 0.15) is 12.2 Å². The molecule has 0 bridgehead atoms. The molecule has 0 rings (SSSR count). The molecule has 4 atom stereocenters. The second-order valence-corrected chi connectivity index (χ2v) is 15.0. The van der Waals surface area contributed by atoms with Gasteiger partial charge in [0, 0.05) is 0 Å². The smallest absolute Gasteiger partial charge is 0.249 e. The first-order valence-electron chi connectivity index (χ1n) is 21.7. The van der Waals surface area contributed by atoms with E-state index in [-0.39, 0.29) is 0 Å². The van der Waals surface area contributed by atoms with Crippen LogP contribution >= 0.6 is 0 Å². The number of hydrogen-bond donors (Lipinski definition) is 5. The molecule has 5 N–H and O–H groups in total. The highest BCUT2D eigenvalue weighted by molar-refractivity contribution is 5.80. The fourth-order valence-corrected chi connectivity index (χ4v) is 6.66. The van der Waals surface area contributed by atoms with Crippen LogP contribution in [0.5, 0.6) is 0 Å². The highest BCUT2D eigenvalue weighted by Crippen LogP contribution is 2.15. The van der Waals surface area contributed by atoms with Gasteiger partial charge < -0.3 is 25.7 Å². The molecule has 0 radical (unpaired) electrons. The third kappa shape index (κ3) is 32.7. The van der Waals surface area contributed by atoms with Crippen LogP contribution in [0.25, 0.3) is 0 Å². The molecule has 0 heterocycles. The summed E-state index contributed by atoms with van der Waals surface area (Å²) in [6.45, 7) is 4.03. The van der Waals surface area contributed by atoms with E-state index in [1.54, 1.807) is 0 Å². The first-order chi connectivity index (χ1) is 24.5. The highest BCUT2D eigenvalue weighted by Gasteiger charge is 2.28. The fourth-order valence-electron chi connectivity index (χ4n) is 6.66. The molecule has 0 aromatic rings. The molecular formula is C44H85NO5. The van der Waals surface area contributed by atoms with E-state index < -0.39 is 36.9 Å². The number of hydrogen-bond acceptors (Lipinski definition) is 5. The lowest BCUT2D eigenvalue weighted by Crippen LogP contribution is -2.53. The molecule has 0 aliphatic carbocycles. The summed E-state index contributed by atoms with van der Waals surface area (Å²) < 4.78 is 0. The Hall–Kier alpha value is -1.21. The van der Waals surface area contributed by atoms with E-state index >= 15 is 0 Å². The predicted octanol–water partition coefficient (Wildman–Crippen LogP) is 11.2. The molecule has 0 aliphatic heterocycles. The summed E-state index contributed by atoms with van der Waals surface area (Å²) in [5.41, 5.74) is 0. The lowest BCUT2D eigenvalue weighted by molar-refractivity contribution is -0.132. The van der Waals surface area contributed by atoms with Crippen molar-refractivity contribution in [2.45, 2.75) is 244 Å². The summed E-state index contributed by atoms with van der Waals surface area (Å²) in [6.07, 6.45) is 43.5. The molecule has 296 valence electrons. The van der Waals surface area contributed by atoms with Crippen molar-refractivity contribution in [1.29, 1.82) is 0 Å². The zero-order chi connectivity index (χ0) is 36.8. The zero-order valence-electron chi connectivity index (χ0n) is 33.2. The first kappa shape index (κ1) is 48.8. The Morgan fingerprint density at radius 2 is 0.840 bits per heavy atom. The highest BCUT2D eigenvalue weighted by atomic mass is 16.3. The Balaban J connectivity index is 3.81. The standard InChI is InChI=1S/C44H85NO5/c1-3-5-7-9-11-13-15-17-19-20-21-22-24-25-27-29-31-33-35-37-41(47)43(49)40(39-46)45-44(50)42(48)38-36-34-32-30-28-26-23-18-16-14-12-10-8-6-4-2/h22,24,29,31,40-43,46-49H,3-21,23,25-28,30,32-39H2,1-2H3,(H,45,50)/b24-22+,31-29+. The summed E-state index contributed by atoms with van der Waals surface area (Å²) >= 11 is 0. The average molecular weight is 708 g/mol. The Bertz CT molecular complexity index is 757. The van der Waals surface area contributed by atoms with Crippen molar-refractivity contribution in [2.24, 2.45) is 0 Å². The summed E-state index contributed by atoms with van der Waals surface area (Å²) in [7, 11) is 0. The average Bonchev–Trinajstić information content (AvgIpc) is 3.12. The van der Waals surface area contributed by atoms with Crippen LogP contribution in [-0.2, 0) is 4.79 Å². The van der Waals surface area contributed by atoms with Crippen LogP contribution in [0.4, 0.5) is 0 Å². The van der Waals surface area contributed by atoms with E-state index in [0.29, 0.717) is 19.3 Å². The summed E-state index contributed by atoms with van der Waals surface area (Å²) in [5, 5.41) is 43.6. The van der Waals surface area contributed by atoms with Crippen LogP contribution in [0.3, 0.4) is 0 Å². The number of allylic oxidation sites excluding steroid dienone is 4. The van der Waals surface area contributed by atoms with Gasteiger partial charge in [-0.25, -0.2) is 0 Å². The largest absolute Gasteiger partial charge is 0.394 e. The van der Waals surface area contributed by atoms with Crippen LogP contribution in [-0.4, -0.2) is 57.3 Å². The molecule has 1 amide bonds. The minimum Gasteiger partial charge on any atom is -0.394 e. The number of aliphatic hydroxyl groups excluding tert-OH is 4. The fraction of sp³-hybridized carbons (Fsp3) is 0.886. The van der Waals surface area contributed by atoms with E-state index in [1.807, 2.05) is 0 Å². The number of carbonyl (C=O) groups is 1. The molecule has 0 spiro atoms. The van der Waals surface area contributed by atoms with Gasteiger partial charge in [0.25, 0.3) is 0 Å². The van der Waals surface area contributed by atoms with E-state index in [2.05, 4.69) is 43.5 Å². The van der Waals surface area contributed by atoms with Gasteiger partial charge in [0.05, 0.1) is 18.8 Å². The van der Waals surface area contributed by atoms with E-state index in [1.165, 1.54) is 148 Å². The molecule has 0 aromatic carbocycles. The number of nitrogens with one attached hydrogen (secondary N) is 1. The van der Waals surface area contributed by atoms with Gasteiger partial charge in [-0.3, -0.25) is 4.79 Å². The van der Waals surface area contributed by atoms with Gasteiger partial charge in [0.15, 0.2) is 0 Å². The van der Waals surface area contributed by atoms with Crippen molar-refractivity contribution < 1.29 is 25.2 Å². The van der Waals surface area contributed by atoms with Gasteiger partial charge in [0.2, 0.25) is 5.91 Å². The Morgan fingerprint density at radius 1 is 0.480 bits per heavy atom. The van der Waals surface area contributed by atoms with Gasteiger partial charge in [-0.1, -0.05) is 192 Å². The Labute approximate surface area is 310 Å². The Kier molecular flexibility index (Phi) is 38.1. The quantitative estimate of drug-likeness (QED) is 0.0323. The molecule has 50 heavy (non-hydrogen) atoms. The molecule has 6 nitrogen and oxygen atoms in total. The minimum atomic E-state index is -1.29. The van der Waals surface area contributed by atoms with Crippen molar-refractivity contribution in [3.8, 4) is 0 Å². The van der Waals surface area contributed by atoms with Crippen LogP contribution < -0.4 is 5.32 Å². The van der Waals surface area contributed by atoms with Crippen LogP contribution in [0.1, 0.15) is 219 Å². The minimum absolute atomic E-state index is 0.363. The number of carbonyl (C=O) groups excluding carboxylic acids is 1. The topological polar surface area (TPSA) is 110 Å². The van der Waals surface area contributed by atoms with Gasteiger partial charge in [-0.15, -0.1) is 0 Å². The van der Waals surface area contributed by atoms with Crippen molar-refractivity contribution in [3.05, 3.63) is 24.3 Å². The molecular weight excluding hydrogens is 622 g/mol. The molecule has 0 aromatic heterocycles. The monoisotopic (exact) mass is 708 g/mol. The lowest BCUT2D eigenvalue weighted by Gasteiger charge is -2.27. The van der Waals surface area contributed by atoms with Crippen LogP contribution in [0, 0.1) is 0 Å². The first-order valence-corrected chi connectivity index (χ1v) is 21.7. The third-order valence-corrected chi connectivity index (χ3v) is 10.1. The number of amides is 1. The molecule has 0 saturated carbocycles. The summed E-state index contributed by atoms with van der Waals surface area (Å²) in [6, 6.07) is -1.00. The number of unbranched alkanes of at least 4 members (excludes halogenated alkanes) is 26. The summed E-state index contributed by atoms with van der Waals surface area (Å²) in [4.78, 5) is 12.5. The maximum Gasteiger partial charge on any atom is 0.249 e. The maximum absolute atomic E-state index is 12.5. The number of rotatable bonds is 39. The van der Waals surface area contributed by atoms with Crippen molar-refractivity contribution in [1.82, 2.24) is 5.32 Å². The SMILES string of the molecule is CCCCCCCCCCCC/C=C/CC/C=C/CCCC(O)C(O)C(CO)NC(=O)C(O)CCCCCCCCCCCCCCCCC. The lowest BCUT2D eigenvalue weighted by atomic mass is 10.00. The zero-order valence-corrected chi connectivity index (χ0v) is 33.2. The molecule has 0 aliphatic rings. The van der Waals surface area contributed by atoms with Gasteiger partial charge >= 0.3 is 0 Å². The van der Waals surface area contributed by atoms with Gasteiger partial charge in [-0.2, -0.15) is 0 Å². The Morgan fingerprint density at radius 3 is 1.26 bits per heavy atom. The second kappa shape index (κ2) is 39.0. The molecule has 6 heteroatoms. The molecule has 0 saturated heterocycles. The van der Waals surface area contributed by atoms with Gasteiger partial charge in [-0.05, 0) is 51.4 Å². The van der Waals surface area contributed by atoms with Crippen molar-refractivity contribution in [2.75, 3.05) is 6.61 Å². The van der Waals surface area contributed by atoms with E-state index in [4.69, 9.17) is 0 Å². The summed E-state index contributed by atoms with van der Waals surface area (Å²) in [5.74, 6) is -0.596. The van der Waals surface area contributed by atoms with Crippen molar-refractivity contribution >= 4 is 5.91 Å².